The molecule has 0 fully saturated rings. The molecule has 0 saturated carbocycles. The van der Waals surface area contributed by atoms with Crippen molar-refractivity contribution in [3.63, 3.8) is 0 Å². The van der Waals surface area contributed by atoms with Gasteiger partial charge in [0.2, 0.25) is 0 Å². The van der Waals surface area contributed by atoms with Crippen molar-refractivity contribution < 1.29 is 14.4 Å². The van der Waals surface area contributed by atoms with Gasteiger partial charge in [0.15, 0.2) is 0 Å². The van der Waals surface area contributed by atoms with Crippen LogP contribution in [0.3, 0.4) is 0 Å². The quantitative estimate of drug-likeness (QED) is 0.724. The van der Waals surface area contributed by atoms with E-state index in [2.05, 4.69) is 36.6 Å². The first-order chi connectivity index (χ1) is 9.26. The van der Waals surface area contributed by atoms with E-state index in [1.165, 1.54) is 16.2 Å². The van der Waals surface area contributed by atoms with Crippen LogP contribution in [0.4, 0.5) is 5.69 Å². The van der Waals surface area contributed by atoms with Crippen LogP contribution in [0.1, 0.15) is 25.3 Å². The van der Waals surface area contributed by atoms with Gasteiger partial charge >= 0.3 is 6.41 Å². The molecule has 1 aromatic carbocycles. The molecule has 1 aliphatic heterocycles. The number of fused-ring (bicyclic) bond motifs is 1. The van der Waals surface area contributed by atoms with Gasteiger partial charge in [-0.2, -0.15) is 0 Å². The molecule has 0 aromatic heterocycles. The highest BCUT2D eigenvalue weighted by Crippen LogP contribution is 2.29. The van der Waals surface area contributed by atoms with E-state index in [1.807, 2.05) is 13.8 Å². The zero-order chi connectivity index (χ0) is 13.7. The summed E-state index contributed by atoms with van der Waals surface area (Å²) >= 11 is 0. The topological polar surface area (TPSA) is 34.9 Å². The van der Waals surface area contributed by atoms with Crippen molar-refractivity contribution >= 4 is 5.69 Å². The lowest BCUT2D eigenvalue weighted by Gasteiger charge is -2.25. The Hall–Kier alpha value is -1.10. The van der Waals surface area contributed by atoms with Gasteiger partial charge in [-0.05, 0) is 25.5 Å². The van der Waals surface area contributed by atoms with Crippen LogP contribution in [0.2, 0.25) is 0 Å². The van der Waals surface area contributed by atoms with Crippen LogP contribution < -0.4 is 10.2 Å². The molecule has 19 heavy (non-hydrogen) atoms. The van der Waals surface area contributed by atoms with E-state index >= 15 is 0 Å². The second-order valence-corrected chi connectivity index (χ2v) is 4.96. The summed E-state index contributed by atoms with van der Waals surface area (Å²) in [6.45, 7) is 7.39. The summed E-state index contributed by atoms with van der Waals surface area (Å²) in [6, 6.07) is 8.54. The highest BCUT2D eigenvalue weighted by Gasteiger charge is 2.28. The van der Waals surface area contributed by atoms with Gasteiger partial charge in [0.25, 0.3) is 0 Å². The molecular formula is C15H25N2O2+. The number of quaternary nitrogens is 1. The highest BCUT2D eigenvalue weighted by atomic mass is 16.7. The Bertz CT molecular complexity index is 391. The average Bonchev–Trinajstić information content (AvgIpc) is 2.82. The number of nitrogens with one attached hydrogen (secondary N) is 2. The fourth-order valence-electron chi connectivity index (χ4n) is 2.66. The Balaban J connectivity index is 1.97. The van der Waals surface area contributed by atoms with E-state index in [-0.39, 0.29) is 6.41 Å². The van der Waals surface area contributed by atoms with Crippen molar-refractivity contribution in [2.75, 3.05) is 38.7 Å². The summed E-state index contributed by atoms with van der Waals surface area (Å²) in [5.41, 5.74) is 2.68. The minimum atomic E-state index is -0.164. The Kier molecular flexibility index (Phi) is 5.19. The van der Waals surface area contributed by atoms with Crippen LogP contribution in [0, 0.1) is 0 Å². The van der Waals surface area contributed by atoms with Gasteiger partial charge in [-0.1, -0.05) is 18.2 Å². The predicted octanol–water partition coefficient (Wildman–Crippen LogP) is 1.07. The first kappa shape index (κ1) is 14.3. The van der Waals surface area contributed by atoms with Gasteiger partial charge in [-0.15, -0.1) is 0 Å². The van der Waals surface area contributed by atoms with E-state index in [1.54, 1.807) is 0 Å². The van der Waals surface area contributed by atoms with E-state index in [9.17, 15) is 0 Å². The summed E-state index contributed by atoms with van der Waals surface area (Å²) in [5, 5.41) is 3.46. The van der Waals surface area contributed by atoms with Gasteiger partial charge in [0, 0.05) is 12.2 Å². The van der Waals surface area contributed by atoms with Crippen LogP contribution in [0.15, 0.2) is 24.3 Å². The second-order valence-electron chi connectivity index (χ2n) is 4.96. The minimum Gasteiger partial charge on any atom is -0.384 e. The first-order valence-corrected chi connectivity index (χ1v) is 7.14. The van der Waals surface area contributed by atoms with Gasteiger partial charge in [-0.25, -0.2) is 0 Å². The molecule has 0 aliphatic carbocycles. The largest absolute Gasteiger partial charge is 0.384 e. The van der Waals surface area contributed by atoms with E-state index in [0.717, 1.165) is 13.1 Å². The summed E-state index contributed by atoms with van der Waals surface area (Å²) in [4.78, 5) is 1.27. The van der Waals surface area contributed by atoms with Crippen molar-refractivity contribution in [2.45, 2.75) is 26.2 Å². The van der Waals surface area contributed by atoms with Crippen LogP contribution in [0.5, 0.6) is 0 Å². The molecule has 2 atom stereocenters. The molecule has 0 bridgehead atoms. The summed E-state index contributed by atoms with van der Waals surface area (Å²) in [7, 11) is 2.14. The third kappa shape index (κ3) is 3.47. The number of benzene rings is 1. The van der Waals surface area contributed by atoms with E-state index in [4.69, 9.17) is 9.47 Å². The van der Waals surface area contributed by atoms with Crippen molar-refractivity contribution in [3.8, 4) is 0 Å². The molecule has 0 amide bonds. The smallest absolute Gasteiger partial charge is 0.307 e. The van der Waals surface area contributed by atoms with Crippen LogP contribution in [-0.4, -0.2) is 39.8 Å². The van der Waals surface area contributed by atoms with Crippen molar-refractivity contribution in [3.05, 3.63) is 29.8 Å². The van der Waals surface area contributed by atoms with Gasteiger partial charge in [0.1, 0.15) is 0 Å². The Morgan fingerprint density at radius 2 is 1.95 bits per heavy atom. The predicted molar refractivity (Wildman–Crippen MR) is 76.5 cm³/mol. The maximum atomic E-state index is 5.66. The average molecular weight is 265 g/mol. The van der Waals surface area contributed by atoms with Crippen molar-refractivity contribution in [1.82, 2.24) is 0 Å². The lowest BCUT2D eigenvalue weighted by molar-refractivity contribution is -0.957. The molecule has 1 unspecified atom stereocenters. The lowest BCUT2D eigenvalue weighted by Crippen LogP contribution is -3.14. The number of anilines is 1. The molecule has 4 heteroatoms. The maximum absolute atomic E-state index is 5.66. The molecule has 0 saturated heterocycles. The number of hydrogen-bond donors (Lipinski definition) is 2. The van der Waals surface area contributed by atoms with Crippen molar-refractivity contribution in [2.24, 2.45) is 0 Å². The molecule has 1 aromatic rings. The van der Waals surface area contributed by atoms with E-state index < -0.39 is 0 Å². The molecule has 1 heterocycles. The second kappa shape index (κ2) is 6.89. The maximum Gasteiger partial charge on any atom is 0.307 e. The Morgan fingerprint density at radius 3 is 2.63 bits per heavy atom. The number of para-hydroxylation sites is 1. The third-order valence-electron chi connectivity index (χ3n) is 3.55. The standard InChI is InChI=1S/C15H24N2O2/c1-4-18-15(19-5-2)17(3)11-12-10-16-14-9-7-6-8-13(12)14/h6-9,12,15-16H,4-5,10-11H2,1-3H3/p+1/t12-/m0/s1. The molecule has 1 aliphatic rings. The Morgan fingerprint density at radius 1 is 1.26 bits per heavy atom. The van der Waals surface area contributed by atoms with Crippen LogP contribution in [0.25, 0.3) is 0 Å². The van der Waals surface area contributed by atoms with Gasteiger partial charge in [-0.3, -0.25) is 4.90 Å². The molecule has 106 valence electrons. The monoisotopic (exact) mass is 265 g/mol. The number of likely N-dealkylation sites (N-methyl/N-ethyl adjacent to an activating group) is 1. The van der Waals surface area contributed by atoms with Crippen molar-refractivity contribution in [1.29, 1.82) is 0 Å². The number of rotatable bonds is 7. The molecule has 2 N–H and O–H groups in total. The number of ether oxygens (including phenoxy) is 2. The molecule has 0 radical (unpaired) electrons. The zero-order valence-electron chi connectivity index (χ0n) is 12.1. The summed E-state index contributed by atoms with van der Waals surface area (Å²) in [5.74, 6) is 0.527. The fourth-order valence-corrected chi connectivity index (χ4v) is 2.66. The fraction of sp³-hybridized carbons (Fsp3) is 0.600. The SMILES string of the molecule is CCOC(OCC)[NH+](C)C[C@@H]1CNc2ccccc21. The Labute approximate surface area is 115 Å². The summed E-state index contributed by atoms with van der Waals surface area (Å²) in [6.07, 6.45) is -0.164. The van der Waals surface area contributed by atoms with Gasteiger partial charge in [0.05, 0.1) is 32.7 Å². The zero-order valence-corrected chi connectivity index (χ0v) is 12.1. The molecule has 4 nitrogen and oxygen atoms in total. The number of hydrogen-bond acceptors (Lipinski definition) is 3. The normalized spacial score (nSPS) is 19.3. The highest BCUT2D eigenvalue weighted by molar-refractivity contribution is 5.57. The lowest BCUT2D eigenvalue weighted by atomic mass is 10.0. The third-order valence-corrected chi connectivity index (χ3v) is 3.55. The van der Waals surface area contributed by atoms with Crippen LogP contribution >= 0.6 is 0 Å². The molecule has 2 rings (SSSR count). The minimum absolute atomic E-state index is 0.164. The summed E-state index contributed by atoms with van der Waals surface area (Å²) < 4.78 is 11.3. The first-order valence-electron chi connectivity index (χ1n) is 7.14. The van der Waals surface area contributed by atoms with Gasteiger partial charge < -0.3 is 14.8 Å². The molecular weight excluding hydrogens is 240 g/mol. The van der Waals surface area contributed by atoms with E-state index in [0.29, 0.717) is 19.1 Å². The molecule has 0 spiro atoms. The van der Waals surface area contributed by atoms with Crippen LogP contribution in [-0.2, 0) is 9.47 Å².